The molecule has 0 aromatic rings. The van der Waals surface area contributed by atoms with Gasteiger partial charge in [-0.1, -0.05) is 6.04 Å². The lowest BCUT2D eigenvalue weighted by molar-refractivity contribution is -0.118. The maximum Gasteiger partial charge on any atom is 0.324 e. The van der Waals surface area contributed by atoms with Crippen molar-refractivity contribution in [2.45, 2.75) is 18.4 Å². The van der Waals surface area contributed by atoms with Crippen LogP contribution in [0.5, 0.6) is 0 Å². The summed E-state index contributed by atoms with van der Waals surface area (Å²) in [7, 11) is 2.84. The molecule has 1 fully saturated rings. The zero-order valence-electron chi connectivity index (χ0n) is 9.69. The van der Waals surface area contributed by atoms with Gasteiger partial charge in [0.1, 0.15) is 12.5 Å². The molecule has 3 amide bonds. The molecule has 1 rings (SSSR count). The van der Waals surface area contributed by atoms with Crippen molar-refractivity contribution in [3.05, 3.63) is 0 Å². The first-order chi connectivity index (χ1) is 7.67. The molecule has 0 bridgehead atoms. The molecule has 1 N–H and O–H groups in total. The highest BCUT2D eigenvalue weighted by Crippen LogP contribution is 2.03. The average Bonchev–Trinajstić information content (AvgIpc) is 2.58. The van der Waals surface area contributed by atoms with E-state index in [2.05, 4.69) is 5.32 Å². The standard InChI is InChI=1S/C9H18N2O4Si/c1-14-9(15-2)16-5-3-4-11-6-7(12)10-8(11)13/h9H,3-6,16H2,1-2H3,(H,10,12,13). The van der Waals surface area contributed by atoms with Crippen molar-refractivity contribution in [1.29, 1.82) is 0 Å². The minimum Gasteiger partial charge on any atom is -0.360 e. The Bertz CT molecular complexity index is 258. The van der Waals surface area contributed by atoms with Crippen LogP contribution in [0.3, 0.4) is 0 Å². The Morgan fingerprint density at radius 1 is 1.44 bits per heavy atom. The molecule has 1 heterocycles. The summed E-state index contributed by atoms with van der Waals surface area (Å²) in [5, 5.41) is 2.25. The molecular formula is C9H18N2O4Si. The van der Waals surface area contributed by atoms with Crippen LogP contribution in [-0.4, -0.2) is 59.6 Å². The van der Waals surface area contributed by atoms with Gasteiger partial charge in [0.15, 0.2) is 0 Å². The summed E-state index contributed by atoms with van der Waals surface area (Å²) in [5.41, 5.74) is 0. The molecule has 0 atom stereocenters. The van der Waals surface area contributed by atoms with E-state index in [1.807, 2.05) is 0 Å². The van der Waals surface area contributed by atoms with Gasteiger partial charge in [-0.25, -0.2) is 4.79 Å². The highest BCUT2D eigenvalue weighted by Gasteiger charge is 2.25. The lowest BCUT2D eigenvalue weighted by Crippen LogP contribution is -2.29. The number of methoxy groups -OCH3 is 2. The quantitative estimate of drug-likeness (QED) is 0.273. The molecular weight excluding hydrogens is 228 g/mol. The fourth-order valence-corrected chi connectivity index (χ4v) is 2.93. The number of carbonyl (C=O) groups is 2. The van der Waals surface area contributed by atoms with Crippen LogP contribution in [0.25, 0.3) is 0 Å². The van der Waals surface area contributed by atoms with Crippen LogP contribution < -0.4 is 5.32 Å². The van der Waals surface area contributed by atoms with E-state index in [1.54, 1.807) is 14.2 Å². The molecule has 7 heteroatoms. The van der Waals surface area contributed by atoms with Crippen LogP contribution in [0.2, 0.25) is 6.04 Å². The van der Waals surface area contributed by atoms with E-state index in [0.717, 1.165) is 12.5 Å². The number of nitrogens with one attached hydrogen (secondary N) is 1. The number of hydrogen-bond acceptors (Lipinski definition) is 4. The van der Waals surface area contributed by atoms with Crippen molar-refractivity contribution in [2.75, 3.05) is 27.3 Å². The Hall–Kier alpha value is -0.923. The predicted molar refractivity (Wildman–Crippen MR) is 60.9 cm³/mol. The zero-order valence-corrected chi connectivity index (χ0v) is 11.1. The Morgan fingerprint density at radius 2 is 2.12 bits per heavy atom. The number of urea groups is 1. The third kappa shape index (κ3) is 3.91. The first-order valence-corrected chi connectivity index (χ1v) is 7.13. The molecule has 0 aromatic heterocycles. The second kappa shape index (κ2) is 6.61. The molecule has 16 heavy (non-hydrogen) atoms. The fraction of sp³-hybridized carbons (Fsp3) is 0.778. The van der Waals surface area contributed by atoms with Gasteiger partial charge in [0.25, 0.3) is 0 Å². The Kier molecular flexibility index (Phi) is 5.43. The second-order valence-corrected chi connectivity index (χ2v) is 5.62. The molecule has 1 saturated heterocycles. The van der Waals surface area contributed by atoms with E-state index in [9.17, 15) is 9.59 Å². The lowest BCUT2D eigenvalue weighted by atomic mass is 10.4. The van der Waals surface area contributed by atoms with Gasteiger partial charge in [-0.3, -0.25) is 10.1 Å². The molecule has 92 valence electrons. The van der Waals surface area contributed by atoms with E-state index in [1.165, 1.54) is 4.90 Å². The van der Waals surface area contributed by atoms with Crippen molar-refractivity contribution in [3.8, 4) is 0 Å². The average molecular weight is 246 g/mol. The number of amides is 3. The van der Waals surface area contributed by atoms with Crippen LogP contribution in [0.15, 0.2) is 0 Å². The van der Waals surface area contributed by atoms with Crippen molar-refractivity contribution in [3.63, 3.8) is 0 Å². The molecule has 0 aromatic carbocycles. The van der Waals surface area contributed by atoms with E-state index in [0.29, 0.717) is 6.54 Å². The summed E-state index contributed by atoms with van der Waals surface area (Å²) >= 11 is 0. The van der Waals surface area contributed by atoms with Gasteiger partial charge >= 0.3 is 6.03 Å². The Labute approximate surface area is 97.1 Å². The Balaban J connectivity index is 2.11. The maximum absolute atomic E-state index is 11.2. The van der Waals surface area contributed by atoms with Crippen LogP contribution in [-0.2, 0) is 14.3 Å². The second-order valence-electron chi connectivity index (χ2n) is 3.67. The summed E-state index contributed by atoms with van der Waals surface area (Å²) in [4.78, 5) is 23.6. The normalized spacial score (nSPS) is 16.8. The summed E-state index contributed by atoms with van der Waals surface area (Å²) in [6.45, 7) is 0.823. The minimum atomic E-state index is -0.430. The van der Waals surface area contributed by atoms with Gasteiger partial charge in [-0.2, -0.15) is 0 Å². The number of hydrogen-bond donors (Lipinski definition) is 1. The largest absolute Gasteiger partial charge is 0.360 e. The molecule has 1 aliphatic rings. The highest BCUT2D eigenvalue weighted by atomic mass is 28.2. The van der Waals surface area contributed by atoms with Gasteiger partial charge in [-0.15, -0.1) is 0 Å². The number of ether oxygens (including phenoxy) is 2. The highest BCUT2D eigenvalue weighted by molar-refractivity contribution is 6.36. The van der Waals surface area contributed by atoms with Crippen LogP contribution in [0.1, 0.15) is 6.42 Å². The molecule has 0 radical (unpaired) electrons. The van der Waals surface area contributed by atoms with Crippen molar-refractivity contribution in [2.24, 2.45) is 0 Å². The molecule has 0 aliphatic carbocycles. The molecule has 6 nitrogen and oxygen atoms in total. The fourth-order valence-electron chi connectivity index (χ4n) is 1.61. The van der Waals surface area contributed by atoms with Gasteiger partial charge in [0.2, 0.25) is 5.91 Å². The zero-order chi connectivity index (χ0) is 12.0. The molecule has 0 unspecified atom stereocenters. The van der Waals surface area contributed by atoms with Crippen LogP contribution >= 0.6 is 0 Å². The van der Waals surface area contributed by atoms with E-state index < -0.39 is 9.52 Å². The maximum atomic E-state index is 11.2. The van der Waals surface area contributed by atoms with E-state index in [4.69, 9.17) is 9.47 Å². The molecule has 1 aliphatic heterocycles. The Morgan fingerprint density at radius 3 is 2.62 bits per heavy atom. The smallest absolute Gasteiger partial charge is 0.324 e. The minimum absolute atomic E-state index is 0.0472. The van der Waals surface area contributed by atoms with Crippen molar-refractivity contribution >= 4 is 21.5 Å². The van der Waals surface area contributed by atoms with Crippen LogP contribution in [0, 0.1) is 0 Å². The third-order valence-electron chi connectivity index (χ3n) is 2.51. The number of rotatable bonds is 7. The third-order valence-corrected chi connectivity index (χ3v) is 4.56. The summed E-state index contributed by atoms with van der Waals surface area (Å²) in [6, 6.07) is 0.756. The summed E-state index contributed by atoms with van der Waals surface area (Å²) < 4.78 is 10.2. The first-order valence-electron chi connectivity index (χ1n) is 5.31. The predicted octanol–water partition coefficient (Wildman–Crippen LogP) is -0.908. The molecule has 0 spiro atoms. The number of nitrogens with zero attached hydrogens (tertiary/aromatic N) is 1. The summed E-state index contributed by atoms with van der Waals surface area (Å²) in [5.74, 6) is -0.261. The summed E-state index contributed by atoms with van der Waals surface area (Å²) in [6.07, 6.45) is 0.899. The van der Waals surface area contributed by atoms with Crippen molar-refractivity contribution < 1.29 is 19.1 Å². The number of imide groups is 1. The lowest BCUT2D eigenvalue weighted by Gasteiger charge is -2.15. The monoisotopic (exact) mass is 246 g/mol. The van der Waals surface area contributed by atoms with Gasteiger partial charge < -0.3 is 14.4 Å². The first kappa shape index (κ1) is 13.1. The van der Waals surface area contributed by atoms with Crippen molar-refractivity contribution in [1.82, 2.24) is 10.2 Å². The number of carbonyl (C=O) groups excluding carboxylic acids is 2. The SMILES string of the molecule is COC(OC)[SiH2]CCCN1CC(=O)NC1=O. The topological polar surface area (TPSA) is 67.9 Å². The van der Waals surface area contributed by atoms with Gasteiger partial charge in [0, 0.05) is 20.8 Å². The van der Waals surface area contributed by atoms with Crippen LogP contribution in [0.4, 0.5) is 4.79 Å². The van der Waals surface area contributed by atoms with Gasteiger partial charge in [0.05, 0.1) is 9.52 Å². The van der Waals surface area contributed by atoms with Gasteiger partial charge in [-0.05, 0) is 6.42 Å². The van der Waals surface area contributed by atoms with E-state index >= 15 is 0 Å². The molecule has 0 saturated carbocycles. The van der Waals surface area contributed by atoms with E-state index in [-0.39, 0.29) is 24.4 Å².